The Hall–Kier alpha value is -2.57. The number of sulfonamides is 1. The maximum absolute atomic E-state index is 12.2. The van der Waals surface area contributed by atoms with E-state index in [-0.39, 0.29) is 38.6 Å². The van der Waals surface area contributed by atoms with Crippen LogP contribution in [-0.2, 0) is 14.8 Å². The van der Waals surface area contributed by atoms with Crippen LogP contribution in [0.2, 0.25) is 0 Å². The fourth-order valence-corrected chi connectivity index (χ4v) is 3.13. The van der Waals surface area contributed by atoms with Gasteiger partial charge in [-0.1, -0.05) is 17.4 Å². The number of nitro groups is 1. The number of rotatable bonds is 6. The van der Waals surface area contributed by atoms with Gasteiger partial charge in [0.15, 0.2) is 5.78 Å². The van der Waals surface area contributed by atoms with Crippen molar-refractivity contribution in [3.63, 3.8) is 0 Å². The zero-order valence-electron chi connectivity index (χ0n) is 13.0. The smallest absolute Gasteiger partial charge is 0.324 e. The van der Waals surface area contributed by atoms with Gasteiger partial charge in [-0.3, -0.25) is 19.7 Å². The second-order valence-electron chi connectivity index (χ2n) is 5.10. The zero-order valence-corrected chi connectivity index (χ0v) is 14.6. The number of nitrogens with zero attached hydrogens (tertiary/aromatic N) is 3. The number of Topliss-reactive ketones (excluding diaryl/α,β-unsaturated/α-hetero) is 1. The van der Waals surface area contributed by atoms with Gasteiger partial charge in [-0.05, 0) is 12.5 Å². The Labute approximate surface area is 147 Å². The van der Waals surface area contributed by atoms with E-state index in [4.69, 9.17) is 5.84 Å². The van der Waals surface area contributed by atoms with Crippen molar-refractivity contribution >= 4 is 38.1 Å². The van der Waals surface area contributed by atoms with Gasteiger partial charge in [-0.15, -0.1) is 0 Å². The first kappa shape index (κ1) is 18.8. The van der Waals surface area contributed by atoms with Crippen LogP contribution in [0.4, 0.5) is 5.00 Å². The summed E-state index contributed by atoms with van der Waals surface area (Å²) in [4.78, 5) is 35.9. The lowest BCUT2D eigenvalue weighted by atomic mass is 10.1. The van der Waals surface area contributed by atoms with Crippen molar-refractivity contribution in [2.75, 3.05) is 12.8 Å². The third-order valence-corrected chi connectivity index (χ3v) is 5.12. The van der Waals surface area contributed by atoms with Crippen molar-refractivity contribution in [2.24, 2.45) is 5.84 Å². The van der Waals surface area contributed by atoms with Crippen LogP contribution in [0.25, 0.3) is 0 Å². The van der Waals surface area contributed by atoms with Crippen molar-refractivity contribution in [1.82, 2.24) is 9.31 Å². The first-order chi connectivity index (χ1) is 11.6. The number of hydrogen-bond donors (Lipinski definition) is 1. The Morgan fingerprint density at radius 2 is 2.12 bits per heavy atom. The molecule has 1 aliphatic heterocycles. The van der Waals surface area contributed by atoms with Crippen molar-refractivity contribution in [2.45, 2.75) is 6.42 Å². The summed E-state index contributed by atoms with van der Waals surface area (Å²) < 4.78 is 22.8. The number of hydrogen-bond acceptors (Lipinski definition) is 9. The van der Waals surface area contributed by atoms with Gasteiger partial charge in [0.1, 0.15) is 0 Å². The molecule has 0 spiro atoms. The number of carbonyl (C=O) groups is 2. The van der Waals surface area contributed by atoms with E-state index in [2.05, 4.69) is 0 Å². The molecule has 10 nitrogen and oxygen atoms in total. The fraction of sp³-hybridized carbons (Fsp3) is 0.231. The third-order valence-electron chi connectivity index (χ3n) is 3.16. The average molecular weight is 386 g/mol. The highest BCUT2D eigenvalue weighted by molar-refractivity contribution is 7.88. The molecule has 0 aliphatic carbocycles. The van der Waals surface area contributed by atoms with Crippen molar-refractivity contribution < 1.29 is 22.9 Å². The van der Waals surface area contributed by atoms with E-state index in [1.165, 1.54) is 23.2 Å². The van der Waals surface area contributed by atoms with Gasteiger partial charge in [0.25, 0.3) is 5.91 Å². The predicted molar refractivity (Wildman–Crippen MR) is 89.7 cm³/mol. The monoisotopic (exact) mass is 386 g/mol. The Morgan fingerprint density at radius 3 is 2.68 bits per heavy atom. The van der Waals surface area contributed by atoms with E-state index in [1.54, 1.807) is 12.3 Å². The van der Waals surface area contributed by atoms with Crippen LogP contribution in [0.1, 0.15) is 16.1 Å². The van der Waals surface area contributed by atoms with Gasteiger partial charge in [-0.25, -0.2) is 14.3 Å². The molecule has 0 radical (unpaired) electrons. The molecule has 0 saturated carbocycles. The molecule has 0 bridgehead atoms. The number of nitrogens with two attached hydrogens (primary N) is 1. The summed E-state index contributed by atoms with van der Waals surface area (Å²) >= 11 is 0.758. The van der Waals surface area contributed by atoms with Crippen molar-refractivity contribution in [3.8, 4) is 0 Å². The average Bonchev–Trinajstić information content (AvgIpc) is 3.03. The van der Waals surface area contributed by atoms with Gasteiger partial charge in [0.05, 0.1) is 22.6 Å². The van der Waals surface area contributed by atoms with E-state index < -0.39 is 20.9 Å². The lowest BCUT2D eigenvalue weighted by Gasteiger charge is -2.22. The quantitative estimate of drug-likeness (QED) is 0.246. The zero-order chi connectivity index (χ0) is 18.8. The Kier molecular flexibility index (Phi) is 5.35. The second kappa shape index (κ2) is 7.13. The van der Waals surface area contributed by atoms with Crippen LogP contribution in [0, 0.1) is 10.1 Å². The number of hydrazine groups is 1. The molecule has 2 heterocycles. The minimum absolute atomic E-state index is 0.0976. The highest BCUT2D eigenvalue weighted by Gasteiger charge is 2.25. The van der Waals surface area contributed by atoms with Crippen LogP contribution < -0.4 is 5.84 Å². The Bertz CT molecular complexity index is 886. The topological polar surface area (TPSA) is 144 Å². The minimum atomic E-state index is -3.89. The molecule has 134 valence electrons. The Balaban J connectivity index is 2.11. The summed E-state index contributed by atoms with van der Waals surface area (Å²) in [5, 5.41) is 10.5. The first-order valence-electron chi connectivity index (χ1n) is 6.79. The number of ketones is 1. The normalized spacial score (nSPS) is 14.2. The number of carbonyl (C=O) groups excluding carboxylic acids is 2. The molecule has 2 N–H and O–H groups in total. The summed E-state index contributed by atoms with van der Waals surface area (Å²) in [5.41, 5.74) is 0.0976. The SMILES string of the molecule is CS(=O)(=O)N(N)C(=O)C1=CN(CC(=O)c2ccc([N+](=O)[O-])s2)C=CC1. The number of amides is 1. The standard InChI is InChI=1S/C13H14N4O6S2/c1-25(22,23)16(14)13(19)9-3-2-6-15(7-9)8-10(18)11-4-5-12(24-11)17(20)21/h2,4-7H,3,8,14H2,1H3. The van der Waals surface area contributed by atoms with Crippen molar-refractivity contribution in [3.05, 3.63) is 51.2 Å². The second-order valence-corrected chi connectivity index (χ2v) is 8.02. The lowest BCUT2D eigenvalue weighted by Crippen LogP contribution is -2.43. The van der Waals surface area contributed by atoms with Gasteiger partial charge in [0.2, 0.25) is 10.0 Å². The number of thiophene rings is 1. The van der Waals surface area contributed by atoms with Gasteiger partial charge < -0.3 is 4.90 Å². The largest absolute Gasteiger partial charge is 0.346 e. The molecule has 1 aliphatic rings. The molecular formula is C13H14N4O6S2. The molecule has 12 heteroatoms. The van der Waals surface area contributed by atoms with Crippen LogP contribution in [0.5, 0.6) is 0 Å². The van der Waals surface area contributed by atoms with E-state index in [9.17, 15) is 28.1 Å². The van der Waals surface area contributed by atoms with E-state index >= 15 is 0 Å². The predicted octanol–water partition coefficient (Wildman–Crippen LogP) is 0.604. The summed E-state index contributed by atoms with van der Waals surface area (Å²) in [7, 11) is -3.89. The molecule has 25 heavy (non-hydrogen) atoms. The molecule has 1 aromatic rings. The van der Waals surface area contributed by atoms with Crippen LogP contribution in [0.15, 0.2) is 36.2 Å². The first-order valence-corrected chi connectivity index (χ1v) is 9.46. The maximum atomic E-state index is 12.2. The molecule has 0 fully saturated rings. The van der Waals surface area contributed by atoms with E-state index in [0.29, 0.717) is 0 Å². The molecule has 1 aromatic heterocycles. The van der Waals surface area contributed by atoms with Crippen molar-refractivity contribution in [1.29, 1.82) is 0 Å². The van der Waals surface area contributed by atoms with Gasteiger partial charge in [0, 0.05) is 24.0 Å². The van der Waals surface area contributed by atoms with E-state index in [0.717, 1.165) is 17.6 Å². The van der Waals surface area contributed by atoms with Gasteiger partial charge >= 0.3 is 5.00 Å². The maximum Gasteiger partial charge on any atom is 0.324 e. The van der Waals surface area contributed by atoms with E-state index in [1.807, 2.05) is 0 Å². The Morgan fingerprint density at radius 1 is 1.44 bits per heavy atom. The highest BCUT2D eigenvalue weighted by atomic mass is 32.2. The van der Waals surface area contributed by atoms with Gasteiger partial charge in [-0.2, -0.15) is 4.41 Å². The number of allylic oxidation sites excluding steroid dienone is 1. The summed E-state index contributed by atoms with van der Waals surface area (Å²) in [6.45, 7) is -0.158. The molecule has 0 unspecified atom stereocenters. The van der Waals surface area contributed by atoms with Crippen LogP contribution >= 0.6 is 11.3 Å². The molecule has 2 rings (SSSR count). The third kappa shape index (κ3) is 4.49. The molecule has 0 atom stereocenters. The molecule has 1 amide bonds. The molecule has 0 saturated heterocycles. The minimum Gasteiger partial charge on any atom is -0.346 e. The highest BCUT2D eigenvalue weighted by Crippen LogP contribution is 2.25. The lowest BCUT2D eigenvalue weighted by molar-refractivity contribution is -0.380. The fourth-order valence-electron chi connectivity index (χ4n) is 1.96. The summed E-state index contributed by atoms with van der Waals surface area (Å²) in [6, 6.07) is 2.60. The molecular weight excluding hydrogens is 372 g/mol. The van der Waals surface area contributed by atoms with Crippen LogP contribution in [0.3, 0.4) is 0 Å². The van der Waals surface area contributed by atoms with Crippen LogP contribution in [-0.4, -0.2) is 47.1 Å². The summed E-state index contributed by atoms with van der Waals surface area (Å²) in [6.07, 6.45) is 5.42. The summed E-state index contributed by atoms with van der Waals surface area (Å²) in [5.74, 6) is 4.01. The molecule has 0 aromatic carbocycles.